The lowest BCUT2D eigenvalue weighted by Crippen LogP contribution is -2.38. The molecule has 2 rings (SSSR count). The average Bonchev–Trinajstić information content (AvgIpc) is 2.46. The van der Waals surface area contributed by atoms with E-state index in [4.69, 9.17) is 4.74 Å². The third-order valence-corrected chi connectivity index (χ3v) is 3.83. The minimum Gasteiger partial charge on any atom is -0.389 e. The van der Waals surface area contributed by atoms with Gasteiger partial charge >= 0.3 is 0 Å². The Balaban J connectivity index is 2.04. The summed E-state index contributed by atoms with van der Waals surface area (Å²) in [6, 6.07) is 5.44. The molecule has 22 heavy (non-hydrogen) atoms. The summed E-state index contributed by atoms with van der Waals surface area (Å²) >= 11 is 0. The van der Waals surface area contributed by atoms with Gasteiger partial charge in [-0.05, 0) is 38.1 Å². The Morgan fingerprint density at radius 2 is 2.00 bits per heavy atom. The standard InChI is InChI=1S/C17H27FN2O2/c1-4-19(13-17(2,3)21)12-14-5-6-16(15(18)11-14)20-7-9-22-10-8-20/h5-6,11,21H,4,7-10,12-13H2,1-3H3. The van der Waals surface area contributed by atoms with Gasteiger partial charge in [-0.25, -0.2) is 4.39 Å². The van der Waals surface area contributed by atoms with E-state index in [2.05, 4.69) is 4.90 Å². The van der Waals surface area contributed by atoms with Crippen LogP contribution in [0.3, 0.4) is 0 Å². The summed E-state index contributed by atoms with van der Waals surface area (Å²) in [5, 5.41) is 9.93. The predicted molar refractivity (Wildman–Crippen MR) is 86.7 cm³/mol. The number of anilines is 1. The van der Waals surface area contributed by atoms with Crippen molar-refractivity contribution in [3.63, 3.8) is 0 Å². The average molecular weight is 310 g/mol. The van der Waals surface area contributed by atoms with E-state index in [9.17, 15) is 9.50 Å². The van der Waals surface area contributed by atoms with Crippen LogP contribution in [0.25, 0.3) is 0 Å². The Labute approximate surface area is 132 Å². The van der Waals surface area contributed by atoms with Crippen LogP contribution >= 0.6 is 0 Å². The van der Waals surface area contributed by atoms with E-state index in [1.807, 2.05) is 24.0 Å². The molecule has 0 aliphatic carbocycles. The Hall–Kier alpha value is -1.17. The molecule has 1 fully saturated rings. The molecule has 0 saturated carbocycles. The molecule has 1 aromatic rings. The van der Waals surface area contributed by atoms with Gasteiger partial charge < -0.3 is 14.7 Å². The van der Waals surface area contributed by atoms with Gasteiger partial charge in [0.2, 0.25) is 0 Å². The van der Waals surface area contributed by atoms with Crippen molar-refractivity contribution in [2.45, 2.75) is 32.9 Å². The zero-order valence-electron chi connectivity index (χ0n) is 13.8. The number of benzene rings is 1. The Morgan fingerprint density at radius 3 is 2.55 bits per heavy atom. The lowest BCUT2D eigenvalue weighted by molar-refractivity contribution is 0.0353. The van der Waals surface area contributed by atoms with Crippen molar-refractivity contribution in [1.29, 1.82) is 0 Å². The van der Waals surface area contributed by atoms with Crippen molar-refractivity contribution in [3.05, 3.63) is 29.6 Å². The molecule has 0 spiro atoms. The first-order valence-electron chi connectivity index (χ1n) is 7.95. The molecular weight excluding hydrogens is 283 g/mol. The summed E-state index contributed by atoms with van der Waals surface area (Å²) in [5.74, 6) is -0.182. The molecule has 1 aromatic carbocycles. The second kappa shape index (κ2) is 7.40. The van der Waals surface area contributed by atoms with Crippen molar-refractivity contribution >= 4 is 5.69 Å². The van der Waals surface area contributed by atoms with Gasteiger partial charge in [0.1, 0.15) is 5.82 Å². The minimum atomic E-state index is -0.748. The third-order valence-electron chi connectivity index (χ3n) is 3.83. The normalized spacial score (nSPS) is 16.4. The van der Waals surface area contributed by atoms with E-state index in [0.717, 1.165) is 25.2 Å². The van der Waals surface area contributed by atoms with E-state index in [1.165, 1.54) is 0 Å². The molecule has 1 aliphatic heterocycles. The molecule has 0 radical (unpaired) electrons. The molecular formula is C17H27FN2O2. The number of likely N-dealkylation sites (N-methyl/N-ethyl adjacent to an activating group) is 1. The molecule has 4 nitrogen and oxygen atoms in total. The van der Waals surface area contributed by atoms with Gasteiger partial charge in [-0.15, -0.1) is 0 Å². The zero-order chi connectivity index (χ0) is 16.2. The van der Waals surface area contributed by atoms with Crippen LogP contribution in [-0.2, 0) is 11.3 Å². The zero-order valence-corrected chi connectivity index (χ0v) is 13.8. The maximum atomic E-state index is 14.4. The van der Waals surface area contributed by atoms with Crippen LogP contribution in [0.4, 0.5) is 10.1 Å². The van der Waals surface area contributed by atoms with E-state index >= 15 is 0 Å². The number of hydrogen-bond acceptors (Lipinski definition) is 4. The molecule has 1 aliphatic rings. The number of rotatable bonds is 6. The Bertz CT molecular complexity index is 482. The van der Waals surface area contributed by atoms with E-state index in [1.54, 1.807) is 19.9 Å². The van der Waals surface area contributed by atoms with Gasteiger partial charge in [0.05, 0.1) is 24.5 Å². The number of morpholine rings is 1. The lowest BCUT2D eigenvalue weighted by atomic mass is 10.1. The fourth-order valence-corrected chi connectivity index (χ4v) is 2.79. The van der Waals surface area contributed by atoms with Crippen LogP contribution in [0.1, 0.15) is 26.3 Å². The maximum absolute atomic E-state index is 14.4. The van der Waals surface area contributed by atoms with Crippen LogP contribution in [-0.4, -0.2) is 55.0 Å². The molecule has 0 unspecified atom stereocenters. The fraction of sp³-hybridized carbons (Fsp3) is 0.647. The van der Waals surface area contributed by atoms with Gasteiger partial charge in [0.15, 0.2) is 0 Å². The summed E-state index contributed by atoms with van der Waals surface area (Å²) in [7, 11) is 0. The topological polar surface area (TPSA) is 35.9 Å². The Morgan fingerprint density at radius 1 is 1.32 bits per heavy atom. The van der Waals surface area contributed by atoms with Crippen molar-refractivity contribution in [1.82, 2.24) is 4.90 Å². The third kappa shape index (κ3) is 4.93. The van der Waals surface area contributed by atoms with E-state index < -0.39 is 5.60 Å². The second-order valence-corrected chi connectivity index (χ2v) is 6.50. The largest absolute Gasteiger partial charge is 0.389 e. The first-order valence-corrected chi connectivity index (χ1v) is 7.95. The molecule has 5 heteroatoms. The van der Waals surface area contributed by atoms with Crippen LogP contribution in [0.15, 0.2) is 18.2 Å². The molecule has 0 amide bonds. The van der Waals surface area contributed by atoms with E-state index in [-0.39, 0.29) is 5.82 Å². The van der Waals surface area contributed by atoms with E-state index in [0.29, 0.717) is 32.0 Å². The first kappa shape index (κ1) is 17.2. The monoisotopic (exact) mass is 310 g/mol. The van der Waals surface area contributed by atoms with Crippen molar-refractivity contribution in [2.75, 3.05) is 44.3 Å². The smallest absolute Gasteiger partial charge is 0.146 e. The maximum Gasteiger partial charge on any atom is 0.146 e. The summed E-state index contributed by atoms with van der Waals surface area (Å²) in [6.45, 7) is 10.4. The predicted octanol–water partition coefficient (Wildman–Crippen LogP) is 2.26. The highest BCUT2D eigenvalue weighted by Gasteiger charge is 2.19. The quantitative estimate of drug-likeness (QED) is 0.874. The summed E-state index contributed by atoms with van der Waals surface area (Å²) in [5.41, 5.74) is 0.834. The minimum absolute atomic E-state index is 0.182. The molecule has 1 heterocycles. The number of hydrogen-bond donors (Lipinski definition) is 1. The molecule has 0 bridgehead atoms. The summed E-state index contributed by atoms with van der Waals surface area (Å²) < 4.78 is 19.7. The first-order chi connectivity index (χ1) is 10.4. The number of ether oxygens (including phenoxy) is 1. The molecule has 1 saturated heterocycles. The van der Waals surface area contributed by atoms with Gasteiger partial charge in [-0.1, -0.05) is 13.0 Å². The van der Waals surface area contributed by atoms with Crippen LogP contribution in [0.5, 0.6) is 0 Å². The summed E-state index contributed by atoms with van der Waals surface area (Å²) in [4.78, 5) is 4.14. The number of aliphatic hydroxyl groups is 1. The van der Waals surface area contributed by atoms with Crippen molar-refractivity contribution in [3.8, 4) is 0 Å². The molecule has 124 valence electrons. The summed E-state index contributed by atoms with van der Waals surface area (Å²) in [6.07, 6.45) is 0. The highest BCUT2D eigenvalue weighted by molar-refractivity contribution is 5.49. The SMILES string of the molecule is CCN(Cc1ccc(N2CCOCC2)c(F)c1)CC(C)(C)O. The lowest BCUT2D eigenvalue weighted by Gasteiger charge is -2.30. The van der Waals surface area contributed by atoms with Crippen molar-refractivity contribution in [2.24, 2.45) is 0 Å². The highest BCUT2D eigenvalue weighted by atomic mass is 19.1. The fourth-order valence-electron chi connectivity index (χ4n) is 2.79. The van der Waals surface area contributed by atoms with Gasteiger partial charge in [0, 0.05) is 26.2 Å². The van der Waals surface area contributed by atoms with Gasteiger partial charge in [-0.2, -0.15) is 0 Å². The number of nitrogens with zero attached hydrogens (tertiary/aromatic N) is 2. The molecule has 1 N–H and O–H groups in total. The second-order valence-electron chi connectivity index (χ2n) is 6.50. The Kier molecular flexibility index (Phi) is 5.78. The van der Waals surface area contributed by atoms with Crippen LogP contribution in [0.2, 0.25) is 0 Å². The highest BCUT2D eigenvalue weighted by Crippen LogP contribution is 2.22. The molecule has 0 atom stereocenters. The molecule has 0 aromatic heterocycles. The van der Waals surface area contributed by atoms with Gasteiger partial charge in [-0.3, -0.25) is 4.90 Å². The van der Waals surface area contributed by atoms with Crippen LogP contribution in [0, 0.1) is 5.82 Å². The number of halogens is 1. The van der Waals surface area contributed by atoms with Crippen molar-refractivity contribution < 1.29 is 14.2 Å². The van der Waals surface area contributed by atoms with Crippen LogP contribution < -0.4 is 4.90 Å². The van der Waals surface area contributed by atoms with Gasteiger partial charge in [0.25, 0.3) is 0 Å².